The van der Waals surface area contributed by atoms with Crippen LogP contribution in [0.15, 0.2) is 170 Å². The van der Waals surface area contributed by atoms with E-state index in [9.17, 15) is 0 Å². The Hall–Kier alpha value is -5.66. The fourth-order valence-electron chi connectivity index (χ4n) is 9.32. The lowest BCUT2D eigenvalue weighted by molar-refractivity contribution is 0.599. The van der Waals surface area contributed by atoms with Gasteiger partial charge < -0.3 is 4.90 Å². The molecule has 254 valence electrons. The molecule has 7 aromatic rings. The molecule has 0 saturated carbocycles. The molecule has 0 spiro atoms. The normalized spacial score (nSPS) is 14.4. The standard InChI is InChI=1S/C51H45N/c1-50(2)46-33-37(38(31-35-17-9-5-10-18-35)32-36-19-11-6-12-20-36)25-27-42(46)44-29-30-45-43-28-26-41(34-47(43)51(3,4)49(45)48(44)50)52(39-21-13-7-14-22-39)40-23-15-8-16-24-40/h5-30,33-34,38H,31-32H2,1-4H3. The van der Waals surface area contributed by atoms with Gasteiger partial charge in [0.1, 0.15) is 0 Å². The van der Waals surface area contributed by atoms with Gasteiger partial charge in [0.05, 0.1) is 0 Å². The Morgan fingerprint density at radius 1 is 0.404 bits per heavy atom. The number of hydrogen-bond acceptors (Lipinski definition) is 1. The smallest absolute Gasteiger partial charge is 0.0465 e. The molecular weight excluding hydrogens is 627 g/mol. The van der Waals surface area contributed by atoms with Crippen LogP contribution in [0.2, 0.25) is 0 Å². The van der Waals surface area contributed by atoms with Crippen LogP contribution in [0.25, 0.3) is 22.3 Å². The lowest BCUT2D eigenvalue weighted by atomic mass is 9.72. The Morgan fingerprint density at radius 2 is 0.808 bits per heavy atom. The van der Waals surface area contributed by atoms with Gasteiger partial charge >= 0.3 is 0 Å². The zero-order valence-electron chi connectivity index (χ0n) is 30.6. The molecule has 0 N–H and O–H groups in total. The highest BCUT2D eigenvalue weighted by Gasteiger charge is 2.46. The van der Waals surface area contributed by atoms with Gasteiger partial charge in [-0.2, -0.15) is 0 Å². The van der Waals surface area contributed by atoms with Crippen molar-refractivity contribution in [2.45, 2.75) is 57.3 Å². The highest BCUT2D eigenvalue weighted by molar-refractivity contribution is 5.92. The van der Waals surface area contributed by atoms with E-state index in [1.54, 1.807) is 0 Å². The molecule has 52 heavy (non-hydrogen) atoms. The van der Waals surface area contributed by atoms with Crippen LogP contribution in [0.3, 0.4) is 0 Å². The quantitative estimate of drug-likeness (QED) is 0.155. The average molecular weight is 672 g/mol. The summed E-state index contributed by atoms with van der Waals surface area (Å²) in [5.74, 6) is 0.386. The summed E-state index contributed by atoms with van der Waals surface area (Å²) < 4.78 is 0. The molecule has 9 rings (SSSR count). The first-order valence-corrected chi connectivity index (χ1v) is 18.8. The largest absolute Gasteiger partial charge is 0.310 e. The van der Waals surface area contributed by atoms with E-state index in [0.717, 1.165) is 24.2 Å². The number of hydrogen-bond donors (Lipinski definition) is 0. The molecule has 0 aromatic heterocycles. The molecule has 1 nitrogen and oxygen atoms in total. The summed E-state index contributed by atoms with van der Waals surface area (Å²) in [6, 6.07) is 62.8. The van der Waals surface area contributed by atoms with Crippen molar-refractivity contribution in [3.8, 4) is 22.3 Å². The molecule has 7 aromatic carbocycles. The molecule has 0 bridgehead atoms. The van der Waals surface area contributed by atoms with Crippen LogP contribution in [-0.2, 0) is 23.7 Å². The van der Waals surface area contributed by atoms with E-state index in [0.29, 0.717) is 5.92 Å². The summed E-state index contributed by atoms with van der Waals surface area (Å²) in [5.41, 5.74) is 18.7. The summed E-state index contributed by atoms with van der Waals surface area (Å²) in [5, 5.41) is 0. The molecule has 0 radical (unpaired) electrons. The summed E-state index contributed by atoms with van der Waals surface area (Å²) in [4.78, 5) is 2.38. The molecular formula is C51H45N. The van der Waals surface area contributed by atoms with Gasteiger partial charge in [-0.25, -0.2) is 0 Å². The Morgan fingerprint density at radius 3 is 1.29 bits per heavy atom. The molecule has 1 heteroatoms. The lowest BCUT2D eigenvalue weighted by Crippen LogP contribution is -2.24. The molecule has 2 aliphatic rings. The fraction of sp³-hybridized carbons (Fsp3) is 0.176. The first kappa shape index (κ1) is 32.3. The van der Waals surface area contributed by atoms with E-state index >= 15 is 0 Å². The van der Waals surface area contributed by atoms with Gasteiger partial charge in [0, 0.05) is 27.9 Å². The summed E-state index contributed by atoms with van der Waals surface area (Å²) in [7, 11) is 0. The summed E-state index contributed by atoms with van der Waals surface area (Å²) in [6.45, 7) is 9.80. The Kier molecular flexibility index (Phi) is 7.77. The van der Waals surface area contributed by atoms with Gasteiger partial charge in [0.25, 0.3) is 0 Å². The molecule has 0 amide bonds. The van der Waals surface area contributed by atoms with Crippen LogP contribution in [0.4, 0.5) is 17.1 Å². The Labute approximate surface area is 309 Å². The van der Waals surface area contributed by atoms with E-state index in [-0.39, 0.29) is 10.8 Å². The molecule has 0 atom stereocenters. The number of para-hydroxylation sites is 2. The topological polar surface area (TPSA) is 3.24 Å². The third-order valence-electron chi connectivity index (χ3n) is 11.8. The van der Waals surface area contributed by atoms with Crippen molar-refractivity contribution in [2.75, 3.05) is 4.90 Å². The highest BCUT2D eigenvalue weighted by Crippen LogP contribution is 2.59. The maximum absolute atomic E-state index is 2.56. The molecule has 0 aliphatic heterocycles. The van der Waals surface area contributed by atoms with Gasteiger partial charge in [0.2, 0.25) is 0 Å². The van der Waals surface area contributed by atoms with Crippen LogP contribution in [0.5, 0.6) is 0 Å². The van der Waals surface area contributed by atoms with Crippen molar-refractivity contribution < 1.29 is 0 Å². The Balaban J connectivity index is 1.13. The fourth-order valence-corrected chi connectivity index (χ4v) is 9.32. The predicted octanol–water partition coefficient (Wildman–Crippen LogP) is 13.3. The number of rotatable bonds is 8. The zero-order chi connectivity index (χ0) is 35.5. The second-order valence-corrected chi connectivity index (χ2v) is 15.8. The molecule has 0 fully saturated rings. The van der Waals surface area contributed by atoms with Gasteiger partial charge in [-0.3, -0.25) is 0 Å². The number of benzene rings is 7. The zero-order valence-corrected chi connectivity index (χ0v) is 30.6. The van der Waals surface area contributed by atoms with Crippen LogP contribution in [0.1, 0.15) is 72.6 Å². The van der Waals surface area contributed by atoms with Crippen molar-refractivity contribution in [1.82, 2.24) is 0 Å². The first-order chi connectivity index (χ1) is 25.3. The van der Waals surface area contributed by atoms with Crippen molar-refractivity contribution in [1.29, 1.82) is 0 Å². The maximum Gasteiger partial charge on any atom is 0.0465 e. The van der Waals surface area contributed by atoms with E-state index < -0.39 is 0 Å². The number of anilines is 3. The van der Waals surface area contributed by atoms with Crippen molar-refractivity contribution in [3.63, 3.8) is 0 Å². The first-order valence-electron chi connectivity index (χ1n) is 18.8. The minimum atomic E-state index is -0.170. The van der Waals surface area contributed by atoms with Crippen LogP contribution in [-0.4, -0.2) is 0 Å². The third-order valence-corrected chi connectivity index (χ3v) is 11.8. The molecule has 0 heterocycles. The van der Waals surface area contributed by atoms with E-state index in [2.05, 4.69) is 202 Å². The minimum Gasteiger partial charge on any atom is -0.310 e. The van der Waals surface area contributed by atoms with Gasteiger partial charge in [0.15, 0.2) is 0 Å². The maximum atomic E-state index is 2.56. The van der Waals surface area contributed by atoms with Crippen molar-refractivity contribution in [3.05, 3.63) is 209 Å². The monoisotopic (exact) mass is 671 g/mol. The van der Waals surface area contributed by atoms with Crippen molar-refractivity contribution >= 4 is 17.1 Å². The molecule has 0 unspecified atom stereocenters. The minimum absolute atomic E-state index is 0.141. The van der Waals surface area contributed by atoms with Crippen molar-refractivity contribution in [2.24, 2.45) is 0 Å². The summed E-state index contributed by atoms with van der Waals surface area (Å²) >= 11 is 0. The predicted molar refractivity (Wildman–Crippen MR) is 219 cm³/mol. The van der Waals surface area contributed by atoms with Crippen LogP contribution in [0, 0.1) is 0 Å². The van der Waals surface area contributed by atoms with Crippen LogP contribution >= 0.6 is 0 Å². The third kappa shape index (κ3) is 5.30. The van der Waals surface area contributed by atoms with E-state index in [1.165, 1.54) is 66.9 Å². The summed E-state index contributed by atoms with van der Waals surface area (Å²) in [6.07, 6.45) is 2.04. The average Bonchev–Trinajstić information content (AvgIpc) is 3.55. The Bertz CT molecular complexity index is 2310. The highest BCUT2D eigenvalue weighted by atomic mass is 15.1. The van der Waals surface area contributed by atoms with Gasteiger partial charge in [-0.15, -0.1) is 0 Å². The van der Waals surface area contributed by atoms with Gasteiger partial charge in [-0.05, 0) is 116 Å². The second-order valence-electron chi connectivity index (χ2n) is 15.8. The molecule has 0 saturated heterocycles. The van der Waals surface area contributed by atoms with E-state index in [1.807, 2.05) is 0 Å². The lowest BCUT2D eigenvalue weighted by Gasteiger charge is -2.31. The number of nitrogens with zero attached hydrogens (tertiary/aromatic N) is 1. The van der Waals surface area contributed by atoms with E-state index in [4.69, 9.17) is 0 Å². The number of fused-ring (bicyclic) bond motifs is 7. The second kappa shape index (κ2) is 12.5. The SMILES string of the molecule is CC1(C)c2cc(C(Cc3ccccc3)Cc3ccccc3)ccc2-c2ccc3c(c21)C(C)(C)c1cc(N(c2ccccc2)c2ccccc2)ccc1-3. The van der Waals surface area contributed by atoms with Crippen LogP contribution < -0.4 is 4.90 Å². The van der Waals surface area contributed by atoms with Gasteiger partial charge in [-0.1, -0.05) is 161 Å². The molecule has 2 aliphatic carbocycles.